The number of hydrogen-bond donors (Lipinski definition) is 0. The summed E-state index contributed by atoms with van der Waals surface area (Å²) in [5.41, 5.74) is 0. The number of amides is 1. The van der Waals surface area contributed by atoms with Crippen molar-refractivity contribution in [1.29, 1.82) is 0 Å². The van der Waals surface area contributed by atoms with E-state index in [2.05, 4.69) is 4.84 Å². The van der Waals surface area contributed by atoms with Gasteiger partial charge in [0.25, 0.3) is 0 Å². The second-order valence-electron chi connectivity index (χ2n) is 1.54. The lowest BCUT2D eigenvalue weighted by Crippen LogP contribution is -2.25. The summed E-state index contributed by atoms with van der Waals surface area (Å²) in [6.45, 7) is 2.48. The van der Waals surface area contributed by atoms with E-state index in [1.54, 1.807) is 0 Å². The van der Waals surface area contributed by atoms with Gasteiger partial charge in [0.05, 0.1) is 7.11 Å². The zero-order valence-electron chi connectivity index (χ0n) is 5.56. The minimum atomic E-state index is -0.570. The van der Waals surface area contributed by atoms with Gasteiger partial charge in [-0.2, -0.15) is 0 Å². The molecule has 0 aliphatic heterocycles. The van der Waals surface area contributed by atoms with Crippen molar-refractivity contribution >= 4 is 17.0 Å². The molecule has 0 atom stereocenters. The lowest BCUT2D eigenvalue weighted by molar-refractivity contribution is -0.0770. The average molecular weight is 152 g/mol. The van der Waals surface area contributed by atoms with E-state index < -0.39 is 5.37 Å². The molecular formula is C5H10ClNO2. The van der Waals surface area contributed by atoms with Gasteiger partial charge in [0.15, 0.2) is 0 Å². The maximum atomic E-state index is 10.3. The quantitative estimate of drug-likeness (QED) is 0.349. The van der Waals surface area contributed by atoms with E-state index >= 15 is 0 Å². The van der Waals surface area contributed by atoms with Gasteiger partial charge in [-0.05, 0) is 18.0 Å². The Hall–Kier alpha value is -0.280. The molecule has 0 saturated carbocycles. The first-order chi connectivity index (χ1) is 4.22. The molecule has 3 nitrogen and oxygen atoms in total. The van der Waals surface area contributed by atoms with Gasteiger partial charge in [0, 0.05) is 6.54 Å². The SMILES string of the molecule is CCCN(OC)C(=O)Cl. The molecule has 54 valence electrons. The van der Waals surface area contributed by atoms with Crippen LogP contribution in [0.3, 0.4) is 0 Å². The van der Waals surface area contributed by atoms with Crippen molar-refractivity contribution in [1.82, 2.24) is 5.06 Å². The smallest absolute Gasteiger partial charge is 0.273 e. The summed E-state index contributed by atoms with van der Waals surface area (Å²) in [6.07, 6.45) is 0.840. The molecule has 0 aromatic carbocycles. The topological polar surface area (TPSA) is 29.5 Å². The van der Waals surface area contributed by atoms with Crippen LogP contribution in [0.4, 0.5) is 4.79 Å². The average Bonchev–Trinajstić information content (AvgIpc) is 1.82. The van der Waals surface area contributed by atoms with E-state index in [1.165, 1.54) is 7.11 Å². The Morgan fingerprint density at radius 3 is 2.44 bits per heavy atom. The minimum absolute atomic E-state index is 0.541. The first-order valence-electron chi connectivity index (χ1n) is 2.73. The second kappa shape index (κ2) is 4.58. The maximum absolute atomic E-state index is 10.3. The van der Waals surface area contributed by atoms with E-state index in [9.17, 15) is 4.79 Å². The number of nitrogens with zero attached hydrogens (tertiary/aromatic N) is 1. The predicted octanol–water partition coefficient (Wildman–Crippen LogP) is 1.62. The molecular weight excluding hydrogens is 142 g/mol. The van der Waals surface area contributed by atoms with E-state index in [-0.39, 0.29) is 0 Å². The van der Waals surface area contributed by atoms with Crippen LogP contribution in [0.2, 0.25) is 0 Å². The third kappa shape index (κ3) is 3.32. The number of hydrogen-bond acceptors (Lipinski definition) is 2. The summed E-state index contributed by atoms with van der Waals surface area (Å²) in [5.74, 6) is 0. The normalized spacial score (nSPS) is 9.22. The van der Waals surface area contributed by atoms with Gasteiger partial charge in [-0.15, -0.1) is 0 Å². The zero-order valence-corrected chi connectivity index (χ0v) is 6.31. The molecule has 0 saturated heterocycles. The van der Waals surface area contributed by atoms with Gasteiger partial charge in [-0.25, -0.2) is 5.06 Å². The lowest BCUT2D eigenvalue weighted by atomic mass is 10.5. The summed E-state index contributed by atoms with van der Waals surface area (Å²) in [7, 11) is 1.41. The molecule has 4 heteroatoms. The monoisotopic (exact) mass is 151 g/mol. The Balaban J connectivity index is 3.54. The van der Waals surface area contributed by atoms with E-state index in [0.29, 0.717) is 6.54 Å². The second-order valence-corrected chi connectivity index (χ2v) is 1.86. The number of rotatable bonds is 3. The van der Waals surface area contributed by atoms with Crippen LogP contribution in [0.25, 0.3) is 0 Å². The minimum Gasteiger partial charge on any atom is -0.273 e. The molecule has 0 spiro atoms. The number of carbonyl (C=O) groups is 1. The van der Waals surface area contributed by atoms with Crippen LogP contribution < -0.4 is 0 Å². The summed E-state index contributed by atoms with van der Waals surface area (Å²) >= 11 is 5.08. The van der Waals surface area contributed by atoms with E-state index in [4.69, 9.17) is 11.6 Å². The summed E-state index contributed by atoms with van der Waals surface area (Å²) in [5, 5.41) is 0.529. The highest BCUT2D eigenvalue weighted by Gasteiger charge is 2.06. The molecule has 0 unspecified atom stereocenters. The summed E-state index contributed by atoms with van der Waals surface area (Å²) in [6, 6.07) is 0. The summed E-state index contributed by atoms with van der Waals surface area (Å²) < 4.78 is 0. The van der Waals surface area contributed by atoms with Crippen molar-refractivity contribution in [3.05, 3.63) is 0 Å². The molecule has 0 aliphatic rings. The van der Waals surface area contributed by atoms with Gasteiger partial charge in [-0.1, -0.05) is 6.92 Å². The first-order valence-corrected chi connectivity index (χ1v) is 3.11. The van der Waals surface area contributed by atoms with Crippen LogP contribution in [0.15, 0.2) is 0 Å². The number of halogens is 1. The molecule has 0 bridgehead atoms. The van der Waals surface area contributed by atoms with E-state index in [0.717, 1.165) is 11.5 Å². The molecule has 0 aliphatic carbocycles. The van der Waals surface area contributed by atoms with Gasteiger partial charge in [0.1, 0.15) is 0 Å². The first kappa shape index (κ1) is 8.72. The van der Waals surface area contributed by atoms with E-state index in [1.807, 2.05) is 6.92 Å². The Morgan fingerprint density at radius 1 is 1.78 bits per heavy atom. The molecule has 0 N–H and O–H groups in total. The summed E-state index contributed by atoms with van der Waals surface area (Å²) in [4.78, 5) is 14.9. The Bertz CT molecular complexity index is 97.0. The third-order valence-electron chi connectivity index (χ3n) is 0.843. The number of hydroxylamine groups is 2. The van der Waals surface area contributed by atoms with Gasteiger partial charge < -0.3 is 0 Å². The molecule has 0 aromatic heterocycles. The molecule has 0 aromatic rings. The Kier molecular flexibility index (Phi) is 4.44. The lowest BCUT2D eigenvalue weighted by Gasteiger charge is -2.13. The molecule has 0 radical (unpaired) electrons. The van der Waals surface area contributed by atoms with Crippen molar-refractivity contribution in [2.45, 2.75) is 13.3 Å². The van der Waals surface area contributed by atoms with Crippen LogP contribution in [-0.2, 0) is 4.84 Å². The third-order valence-corrected chi connectivity index (χ3v) is 1.03. The fourth-order valence-corrected chi connectivity index (χ4v) is 0.608. The van der Waals surface area contributed by atoms with Crippen LogP contribution in [0.1, 0.15) is 13.3 Å². The van der Waals surface area contributed by atoms with Gasteiger partial charge in [0.2, 0.25) is 0 Å². The van der Waals surface area contributed by atoms with Crippen LogP contribution >= 0.6 is 11.6 Å². The fourth-order valence-electron chi connectivity index (χ4n) is 0.454. The molecule has 0 fully saturated rings. The highest BCUT2D eigenvalue weighted by molar-refractivity contribution is 6.62. The fraction of sp³-hybridized carbons (Fsp3) is 0.800. The largest absolute Gasteiger partial charge is 0.340 e. The van der Waals surface area contributed by atoms with Gasteiger partial charge in [-0.3, -0.25) is 9.63 Å². The van der Waals surface area contributed by atoms with Crippen molar-refractivity contribution in [3.8, 4) is 0 Å². The van der Waals surface area contributed by atoms with Crippen molar-refractivity contribution in [2.24, 2.45) is 0 Å². The standard InChI is InChI=1S/C5H10ClNO2/c1-3-4-7(9-2)5(6)8/h3-4H2,1-2H3. The predicted molar refractivity (Wildman–Crippen MR) is 35.3 cm³/mol. The van der Waals surface area contributed by atoms with Crippen LogP contribution in [-0.4, -0.2) is 24.1 Å². The molecule has 0 rings (SSSR count). The zero-order chi connectivity index (χ0) is 7.28. The maximum Gasteiger partial charge on any atom is 0.340 e. The van der Waals surface area contributed by atoms with Gasteiger partial charge >= 0.3 is 5.37 Å². The van der Waals surface area contributed by atoms with Crippen molar-refractivity contribution in [3.63, 3.8) is 0 Å². The Morgan fingerprint density at radius 2 is 2.33 bits per heavy atom. The molecule has 9 heavy (non-hydrogen) atoms. The highest BCUT2D eigenvalue weighted by Crippen LogP contribution is 1.96. The highest BCUT2D eigenvalue weighted by atomic mass is 35.5. The van der Waals surface area contributed by atoms with Crippen molar-refractivity contribution in [2.75, 3.05) is 13.7 Å². The van der Waals surface area contributed by atoms with Crippen molar-refractivity contribution < 1.29 is 9.63 Å². The number of carbonyl (C=O) groups excluding carboxylic acids is 1. The Labute approximate surface area is 59.5 Å². The molecule has 1 amide bonds. The van der Waals surface area contributed by atoms with Crippen LogP contribution in [0, 0.1) is 0 Å². The molecule has 0 heterocycles. The van der Waals surface area contributed by atoms with Crippen LogP contribution in [0.5, 0.6) is 0 Å².